The first kappa shape index (κ1) is 20.5. The number of non-ortho nitro benzene ring substituents is 1. The van der Waals surface area contributed by atoms with E-state index in [0.29, 0.717) is 11.4 Å². The fourth-order valence-electron chi connectivity index (χ4n) is 2.98. The molecule has 0 atom stereocenters. The van der Waals surface area contributed by atoms with Crippen LogP contribution in [0.3, 0.4) is 0 Å². The molecule has 0 aromatic heterocycles. The van der Waals surface area contributed by atoms with Gasteiger partial charge in [0.05, 0.1) is 17.7 Å². The lowest BCUT2D eigenvalue weighted by molar-refractivity contribution is -0.384. The van der Waals surface area contributed by atoms with Gasteiger partial charge in [-0.25, -0.2) is 9.69 Å². The number of ether oxygens (including phenoxy) is 1. The van der Waals surface area contributed by atoms with Gasteiger partial charge in [-0.05, 0) is 24.3 Å². The van der Waals surface area contributed by atoms with Crippen LogP contribution in [0.2, 0.25) is 0 Å². The fraction of sp³-hybridized carbons (Fsp3) is 0.150. The minimum absolute atomic E-state index is 0.197. The Kier molecular flexibility index (Phi) is 5.50. The number of benzene rings is 2. The highest BCUT2D eigenvalue weighted by Gasteiger charge is 2.37. The zero-order valence-corrected chi connectivity index (χ0v) is 16.4. The summed E-state index contributed by atoms with van der Waals surface area (Å²) in [5.41, 5.74) is 0.520. The van der Waals surface area contributed by atoms with Crippen LogP contribution in [0.1, 0.15) is 5.56 Å². The number of carbonyl (C=O) groups is 3. The van der Waals surface area contributed by atoms with Crippen molar-refractivity contribution in [2.24, 2.45) is 0 Å². The van der Waals surface area contributed by atoms with Crippen molar-refractivity contribution in [2.45, 2.75) is 0 Å². The van der Waals surface area contributed by atoms with Crippen LogP contribution < -0.4 is 19.9 Å². The molecule has 1 saturated heterocycles. The molecule has 4 amide bonds. The normalized spacial score (nSPS) is 15.2. The first-order valence-corrected chi connectivity index (χ1v) is 8.74. The van der Waals surface area contributed by atoms with Crippen molar-refractivity contribution in [3.63, 3.8) is 0 Å². The number of methoxy groups -OCH3 is 1. The predicted molar refractivity (Wildman–Crippen MR) is 109 cm³/mol. The number of imide groups is 2. The van der Waals surface area contributed by atoms with E-state index in [-0.39, 0.29) is 22.5 Å². The first-order valence-electron chi connectivity index (χ1n) is 8.74. The zero-order chi connectivity index (χ0) is 22.0. The maximum Gasteiger partial charge on any atom is 0.335 e. The molecule has 0 saturated carbocycles. The van der Waals surface area contributed by atoms with Crippen LogP contribution in [0.15, 0.2) is 48.0 Å². The first-order chi connectivity index (χ1) is 14.2. The minimum Gasteiger partial charge on any atom is -0.497 e. The molecule has 0 unspecified atom stereocenters. The van der Waals surface area contributed by atoms with Gasteiger partial charge in [-0.1, -0.05) is 6.07 Å². The van der Waals surface area contributed by atoms with E-state index in [4.69, 9.17) is 4.74 Å². The van der Waals surface area contributed by atoms with E-state index in [1.165, 1.54) is 43.5 Å². The summed E-state index contributed by atoms with van der Waals surface area (Å²) >= 11 is 0. The molecule has 1 heterocycles. The van der Waals surface area contributed by atoms with Crippen LogP contribution in [0.25, 0.3) is 6.08 Å². The molecule has 0 bridgehead atoms. The second-order valence-corrected chi connectivity index (χ2v) is 6.55. The van der Waals surface area contributed by atoms with E-state index < -0.39 is 22.8 Å². The maximum atomic E-state index is 13.0. The van der Waals surface area contributed by atoms with Gasteiger partial charge >= 0.3 is 6.03 Å². The van der Waals surface area contributed by atoms with Gasteiger partial charge < -0.3 is 9.64 Å². The summed E-state index contributed by atoms with van der Waals surface area (Å²) in [4.78, 5) is 50.9. The lowest BCUT2D eigenvalue weighted by Crippen LogP contribution is -2.54. The molecule has 1 N–H and O–H groups in total. The van der Waals surface area contributed by atoms with Gasteiger partial charge in [-0.3, -0.25) is 25.0 Å². The highest BCUT2D eigenvalue weighted by Crippen LogP contribution is 2.29. The van der Waals surface area contributed by atoms with Crippen LogP contribution >= 0.6 is 0 Å². The third-order valence-corrected chi connectivity index (χ3v) is 4.42. The molecular formula is C20H18N4O6. The van der Waals surface area contributed by atoms with Gasteiger partial charge in [-0.2, -0.15) is 0 Å². The molecule has 1 fully saturated rings. The Morgan fingerprint density at radius 1 is 1.13 bits per heavy atom. The van der Waals surface area contributed by atoms with Gasteiger partial charge in [0.15, 0.2) is 0 Å². The van der Waals surface area contributed by atoms with Crippen molar-refractivity contribution in [3.05, 3.63) is 63.7 Å². The molecule has 10 heteroatoms. The van der Waals surface area contributed by atoms with Crippen molar-refractivity contribution < 1.29 is 24.0 Å². The summed E-state index contributed by atoms with van der Waals surface area (Å²) < 4.78 is 5.12. The molecule has 0 radical (unpaired) electrons. The molecule has 10 nitrogen and oxygen atoms in total. The molecule has 1 aliphatic rings. The summed E-state index contributed by atoms with van der Waals surface area (Å²) in [5, 5.41) is 13.3. The quantitative estimate of drug-likeness (QED) is 0.347. The molecular weight excluding hydrogens is 392 g/mol. The predicted octanol–water partition coefficient (Wildman–Crippen LogP) is 2.34. The number of anilines is 2. The Hall–Kier alpha value is -4.21. The topological polar surface area (TPSA) is 122 Å². The molecule has 154 valence electrons. The third kappa shape index (κ3) is 3.83. The Bertz CT molecular complexity index is 1090. The van der Waals surface area contributed by atoms with Crippen LogP contribution in [0, 0.1) is 10.1 Å². The van der Waals surface area contributed by atoms with Crippen molar-refractivity contribution in [1.29, 1.82) is 0 Å². The second kappa shape index (κ2) is 8.03. The minimum atomic E-state index is -0.901. The van der Waals surface area contributed by atoms with Crippen LogP contribution in [0.4, 0.5) is 21.9 Å². The van der Waals surface area contributed by atoms with Gasteiger partial charge in [0, 0.05) is 43.5 Å². The van der Waals surface area contributed by atoms with E-state index >= 15 is 0 Å². The number of urea groups is 1. The molecule has 1 aliphatic heterocycles. The lowest BCUT2D eigenvalue weighted by Gasteiger charge is -2.27. The van der Waals surface area contributed by atoms with Gasteiger partial charge in [0.1, 0.15) is 11.3 Å². The number of carbonyl (C=O) groups excluding carboxylic acids is 3. The van der Waals surface area contributed by atoms with Crippen LogP contribution in [-0.4, -0.2) is 44.0 Å². The number of nitro benzene ring substituents is 1. The Morgan fingerprint density at radius 2 is 1.87 bits per heavy atom. The summed E-state index contributed by atoms with van der Waals surface area (Å²) in [6.45, 7) is 0. The number of amides is 4. The molecule has 30 heavy (non-hydrogen) atoms. The summed E-state index contributed by atoms with van der Waals surface area (Å²) in [6, 6.07) is 9.43. The van der Waals surface area contributed by atoms with E-state index in [9.17, 15) is 24.5 Å². The van der Waals surface area contributed by atoms with Crippen molar-refractivity contribution in [1.82, 2.24) is 5.32 Å². The number of hydrogen-bond acceptors (Lipinski definition) is 7. The van der Waals surface area contributed by atoms with Crippen molar-refractivity contribution in [3.8, 4) is 5.75 Å². The maximum absolute atomic E-state index is 13.0. The number of barbiturate groups is 1. The van der Waals surface area contributed by atoms with Crippen molar-refractivity contribution in [2.75, 3.05) is 31.0 Å². The zero-order valence-electron chi connectivity index (χ0n) is 16.4. The Morgan fingerprint density at radius 3 is 2.50 bits per heavy atom. The average Bonchev–Trinajstić information content (AvgIpc) is 2.70. The molecule has 0 spiro atoms. The summed E-state index contributed by atoms with van der Waals surface area (Å²) in [5.74, 6) is -1.32. The Balaban J connectivity index is 2.11. The van der Waals surface area contributed by atoms with E-state index in [1.54, 1.807) is 31.1 Å². The number of nitrogens with zero attached hydrogens (tertiary/aromatic N) is 3. The average molecular weight is 410 g/mol. The highest BCUT2D eigenvalue weighted by molar-refractivity contribution is 6.39. The second-order valence-electron chi connectivity index (χ2n) is 6.55. The largest absolute Gasteiger partial charge is 0.497 e. The smallest absolute Gasteiger partial charge is 0.335 e. The standard InChI is InChI=1S/C20H18N4O6/c1-22(2)17-8-7-14(24(28)29)9-12(17)10-16-18(25)21-20(27)23(19(16)26)13-5-4-6-15(11-13)30-3/h4-11H,1-3H3,(H,21,25,27)/b16-10-. The fourth-order valence-corrected chi connectivity index (χ4v) is 2.98. The molecule has 2 aromatic rings. The molecule has 2 aromatic carbocycles. The lowest BCUT2D eigenvalue weighted by atomic mass is 10.0. The van der Waals surface area contributed by atoms with Crippen LogP contribution in [0.5, 0.6) is 5.75 Å². The van der Waals surface area contributed by atoms with Gasteiger partial charge in [0.25, 0.3) is 17.5 Å². The number of nitrogens with one attached hydrogen (secondary N) is 1. The van der Waals surface area contributed by atoms with Crippen LogP contribution in [-0.2, 0) is 9.59 Å². The van der Waals surface area contributed by atoms with Gasteiger partial charge in [0.2, 0.25) is 0 Å². The molecule has 3 rings (SSSR count). The summed E-state index contributed by atoms with van der Waals surface area (Å²) in [7, 11) is 4.88. The number of rotatable bonds is 5. The van der Waals surface area contributed by atoms with Crippen molar-refractivity contribution >= 4 is 41.0 Å². The summed E-state index contributed by atoms with van der Waals surface area (Å²) in [6.07, 6.45) is 1.24. The molecule has 0 aliphatic carbocycles. The van der Waals surface area contributed by atoms with E-state index in [0.717, 1.165) is 4.90 Å². The number of nitro groups is 1. The highest BCUT2D eigenvalue weighted by atomic mass is 16.6. The number of hydrogen-bond donors (Lipinski definition) is 1. The van der Waals surface area contributed by atoms with E-state index in [1.807, 2.05) is 0 Å². The Labute approximate surface area is 171 Å². The third-order valence-electron chi connectivity index (χ3n) is 4.42. The SMILES string of the molecule is COc1cccc(N2C(=O)NC(=O)/C(=C/c3cc([N+](=O)[O-])ccc3N(C)C)C2=O)c1. The van der Waals surface area contributed by atoms with E-state index in [2.05, 4.69) is 5.32 Å². The van der Waals surface area contributed by atoms with Gasteiger partial charge in [-0.15, -0.1) is 0 Å². The monoisotopic (exact) mass is 410 g/mol.